The molecule has 0 spiro atoms. The molecule has 128 heavy (non-hydrogen) atoms. The number of amides is 3. The standard InChI is InChI=1S/C14H23NO2.C14H22O3.C13H21NO3.C12H20N2O2.C12H19NO3.C12H19NO2S.C11H17N3O.C11H16N2O/c1-2-3-9-17-12-14(16)11-15-10-13-7-5-4-6-8-13;1-2-3-9-16-11-14(15)12-17-10-13-7-5-4-6-8-13;1-2-3-8-16-10-13(15)11-17-9-12-6-4-5-7-14-12;1-2-3-8-16-10-11(15)9-14-12-6-4-5-7-13-12;2*1-2-3-8-15-9-11(14)10-16-12-6-4-5-7-13-12;1-2-3-7-13-11(15)14-9-10-6-4-5-8-12-10;1-2-3-6-13-11(14)9-10-4-7-12-8-5-10/h4-8,14-16H,2-3,9-12H2,1H3;4-8,14-15H,2-3,9-12H2,1H3;4-7,13,15H,2-3,8-11H2,1H3;4-7,11,15H,2-3,8-10H2,1H3,(H,13,14);2*4-7,11,14H,2-3,8-10H2,1H3;4-6,8H,2-3,7,9H2,1H3,(H2,13,14,15);4-5,7-8H,2-3,6,9H2,1H3,(H,13,14). The van der Waals surface area contributed by atoms with E-state index in [9.17, 15) is 40.2 Å². The van der Waals surface area contributed by atoms with Gasteiger partial charge in [0.2, 0.25) is 11.8 Å². The van der Waals surface area contributed by atoms with Crippen LogP contribution < -0.4 is 31.3 Å². The Bertz CT molecular complexity index is 3340. The second-order valence-corrected chi connectivity index (χ2v) is 30.6. The van der Waals surface area contributed by atoms with Crippen LogP contribution >= 0.6 is 11.8 Å². The maximum absolute atomic E-state index is 11.4. The topological polar surface area (TPSA) is 376 Å². The number of urea groups is 1. The SMILES string of the molecule is CCCCNC(=O)Cc1ccncc1.CCCCNC(=O)NCc1ccccn1.CCCCOCC(O)CNCc1ccccc1.CCCCOCC(O)CNc1ccccn1.CCCCOCC(O)COCc1ccccc1.CCCCOCC(O)COCc1ccccn1.CCCCOCC(O)COc1ccccn1.CCCCOCC(O)CSc1ccccn1. The van der Waals surface area contributed by atoms with Crippen molar-refractivity contribution in [2.45, 2.75) is 232 Å². The molecule has 0 fully saturated rings. The third-order valence-electron chi connectivity index (χ3n) is 17.2. The van der Waals surface area contributed by atoms with Crippen molar-refractivity contribution < 1.29 is 82.9 Å². The summed E-state index contributed by atoms with van der Waals surface area (Å²) in [5.74, 6) is 2.01. The van der Waals surface area contributed by atoms with Crippen LogP contribution in [-0.2, 0) is 75.4 Å². The van der Waals surface area contributed by atoms with E-state index >= 15 is 0 Å². The molecule has 8 aromatic rings. The van der Waals surface area contributed by atoms with Crippen LogP contribution in [0.15, 0.2) is 212 Å². The van der Waals surface area contributed by atoms with Crippen molar-refractivity contribution in [3.63, 3.8) is 0 Å². The van der Waals surface area contributed by atoms with Crippen LogP contribution in [0.2, 0.25) is 0 Å². The van der Waals surface area contributed by atoms with Gasteiger partial charge in [-0.1, -0.05) is 198 Å². The van der Waals surface area contributed by atoms with E-state index in [0.29, 0.717) is 117 Å². The molecule has 0 bridgehead atoms. The largest absolute Gasteiger partial charge is 0.475 e. The number of anilines is 1. The molecule has 0 aliphatic heterocycles. The minimum atomic E-state index is -0.598. The van der Waals surface area contributed by atoms with Crippen LogP contribution in [0.4, 0.5) is 10.6 Å². The van der Waals surface area contributed by atoms with Gasteiger partial charge in [-0.05, 0) is 135 Å². The van der Waals surface area contributed by atoms with E-state index < -0.39 is 36.6 Å². The van der Waals surface area contributed by atoms with Gasteiger partial charge in [-0.25, -0.2) is 19.7 Å². The van der Waals surface area contributed by atoms with Gasteiger partial charge in [0.25, 0.3) is 0 Å². The van der Waals surface area contributed by atoms with Gasteiger partial charge in [-0.15, -0.1) is 11.8 Å². The quantitative estimate of drug-likeness (QED) is 0.0125. The van der Waals surface area contributed by atoms with Gasteiger partial charge in [0.15, 0.2) is 0 Å². The molecular formula is C99H157N11O17S. The summed E-state index contributed by atoms with van der Waals surface area (Å²) < 4.78 is 47.9. The van der Waals surface area contributed by atoms with Crippen molar-refractivity contribution in [1.29, 1.82) is 0 Å². The zero-order valence-electron chi connectivity index (χ0n) is 77.9. The third-order valence-corrected chi connectivity index (χ3v) is 18.3. The highest BCUT2D eigenvalue weighted by Crippen LogP contribution is 2.16. The summed E-state index contributed by atoms with van der Waals surface area (Å²) in [6, 6.07) is 51.8. The monoisotopic (exact) mass is 1800 g/mol. The van der Waals surface area contributed by atoms with Crippen molar-refractivity contribution in [2.75, 3.05) is 136 Å². The first-order chi connectivity index (χ1) is 62.6. The Balaban J connectivity index is 0.000000732. The molecule has 3 amide bonds. The van der Waals surface area contributed by atoms with E-state index in [1.165, 1.54) is 5.56 Å². The molecule has 6 aromatic heterocycles. The summed E-state index contributed by atoms with van der Waals surface area (Å²) >= 11 is 1.55. The molecule has 6 heterocycles. The fraction of sp³-hybridized carbons (Fsp3) is 0.556. The van der Waals surface area contributed by atoms with Gasteiger partial charge in [-0.2, -0.15) is 0 Å². The average molecular weight is 1810 g/mol. The molecule has 8 rings (SSSR count). The van der Waals surface area contributed by atoms with Crippen LogP contribution in [-0.4, -0.2) is 240 Å². The normalized spacial score (nSPS) is 11.9. The molecule has 6 unspecified atom stereocenters. The molecular weight excluding hydrogens is 1650 g/mol. The predicted octanol–water partition coefficient (Wildman–Crippen LogP) is 15.0. The lowest BCUT2D eigenvalue weighted by Gasteiger charge is -2.12. The number of rotatable bonds is 61. The maximum Gasteiger partial charge on any atom is 0.315 e. The zero-order valence-corrected chi connectivity index (χ0v) is 78.7. The van der Waals surface area contributed by atoms with Gasteiger partial charge in [0, 0.05) is 128 Å². The van der Waals surface area contributed by atoms with Crippen molar-refractivity contribution in [3.05, 3.63) is 235 Å². The number of pyridine rings is 6. The number of unbranched alkanes of at least 4 members (excludes halogenated alkanes) is 8. The second kappa shape index (κ2) is 89.0. The van der Waals surface area contributed by atoms with E-state index in [-0.39, 0.29) is 25.2 Å². The van der Waals surface area contributed by atoms with Crippen LogP contribution in [0.3, 0.4) is 0 Å². The summed E-state index contributed by atoms with van der Waals surface area (Å²) in [4.78, 5) is 47.0. The lowest BCUT2D eigenvalue weighted by atomic mass is 10.2. The molecule has 0 aliphatic carbocycles. The van der Waals surface area contributed by atoms with Gasteiger partial charge in [0.05, 0.1) is 114 Å². The van der Waals surface area contributed by atoms with E-state index in [0.717, 1.165) is 176 Å². The summed E-state index contributed by atoms with van der Waals surface area (Å²) in [6.07, 6.45) is 26.6. The smallest absolute Gasteiger partial charge is 0.315 e. The minimum Gasteiger partial charge on any atom is -0.475 e. The van der Waals surface area contributed by atoms with Crippen LogP contribution in [0.5, 0.6) is 5.88 Å². The first-order valence-corrected chi connectivity index (χ1v) is 46.8. The van der Waals surface area contributed by atoms with Crippen molar-refractivity contribution in [1.82, 2.24) is 51.2 Å². The summed E-state index contributed by atoms with van der Waals surface area (Å²) in [6.45, 7) is 29.0. The van der Waals surface area contributed by atoms with Crippen LogP contribution in [0, 0.1) is 0 Å². The Morgan fingerprint density at radius 1 is 0.344 bits per heavy atom. The Hall–Kier alpha value is -8.57. The number of nitrogens with zero attached hydrogens (tertiary/aromatic N) is 6. The van der Waals surface area contributed by atoms with Gasteiger partial charge in [-0.3, -0.25) is 19.7 Å². The molecule has 6 atom stereocenters. The molecule has 29 heteroatoms. The van der Waals surface area contributed by atoms with Gasteiger partial charge >= 0.3 is 6.03 Å². The number of carbonyl (C=O) groups is 2. The highest BCUT2D eigenvalue weighted by molar-refractivity contribution is 7.99. The summed E-state index contributed by atoms with van der Waals surface area (Å²) in [7, 11) is 0. The second-order valence-electron chi connectivity index (χ2n) is 29.5. The fourth-order valence-corrected chi connectivity index (χ4v) is 10.7. The van der Waals surface area contributed by atoms with Crippen molar-refractivity contribution in [3.8, 4) is 5.88 Å². The number of carbonyl (C=O) groups excluding carboxylic acids is 2. The molecule has 2 aromatic carbocycles. The van der Waals surface area contributed by atoms with Crippen molar-refractivity contribution in [2.24, 2.45) is 0 Å². The molecule has 28 nitrogen and oxygen atoms in total. The molecule has 0 saturated heterocycles. The van der Waals surface area contributed by atoms with Crippen molar-refractivity contribution >= 4 is 29.5 Å². The van der Waals surface area contributed by atoms with Crippen LogP contribution in [0.1, 0.15) is 186 Å². The Labute approximate surface area is 769 Å². The Morgan fingerprint density at radius 3 is 1.23 bits per heavy atom. The number of ether oxygens (including phenoxy) is 9. The lowest BCUT2D eigenvalue weighted by Crippen LogP contribution is -2.35. The number of aliphatic hydroxyl groups excluding tert-OH is 6. The number of nitrogens with one attached hydrogen (secondary N) is 5. The van der Waals surface area contributed by atoms with E-state index in [4.69, 9.17) is 42.6 Å². The van der Waals surface area contributed by atoms with Gasteiger partial charge < -0.3 is 99.9 Å². The molecule has 716 valence electrons. The number of hydrogen-bond acceptors (Lipinski definition) is 26. The number of benzene rings is 2. The average Bonchev–Trinajstić information content (AvgIpc) is 0.953. The number of thioether (sulfide) groups is 1. The number of hydrogen-bond donors (Lipinski definition) is 11. The maximum atomic E-state index is 11.4. The highest BCUT2D eigenvalue weighted by Gasteiger charge is 2.12. The molecule has 11 N–H and O–H groups in total. The first kappa shape index (κ1) is 117. The first-order valence-electron chi connectivity index (χ1n) is 45.8. The Morgan fingerprint density at radius 2 is 0.758 bits per heavy atom. The summed E-state index contributed by atoms with van der Waals surface area (Å²) in [5, 5.41) is 73.1. The minimum absolute atomic E-state index is 0.0876. The number of aromatic nitrogens is 6. The third kappa shape index (κ3) is 77.4. The van der Waals surface area contributed by atoms with E-state index in [1.54, 1.807) is 61.2 Å². The lowest BCUT2D eigenvalue weighted by molar-refractivity contribution is -0.120. The fourth-order valence-electron chi connectivity index (χ4n) is 9.94. The van der Waals surface area contributed by atoms with Crippen LogP contribution in [0.25, 0.3) is 0 Å². The predicted molar refractivity (Wildman–Crippen MR) is 511 cm³/mol. The number of aliphatic hydroxyl groups is 6. The van der Waals surface area contributed by atoms with Gasteiger partial charge in [0.1, 0.15) is 30.7 Å². The summed E-state index contributed by atoms with van der Waals surface area (Å²) in [5.41, 5.74) is 5.09. The molecule has 0 radical (unpaired) electrons. The van der Waals surface area contributed by atoms with E-state index in [2.05, 4.69) is 124 Å². The zero-order chi connectivity index (χ0) is 93.1. The molecule has 0 saturated carbocycles. The molecule has 0 aliphatic rings. The highest BCUT2D eigenvalue weighted by atomic mass is 32.2. The van der Waals surface area contributed by atoms with E-state index in [1.807, 2.05) is 146 Å². The Kier molecular flexibility index (Phi) is 81.7.